The van der Waals surface area contributed by atoms with Gasteiger partial charge in [0.1, 0.15) is 5.75 Å². The quantitative estimate of drug-likeness (QED) is 0.762. The fourth-order valence-electron chi connectivity index (χ4n) is 5.04. The molecule has 27 heavy (non-hydrogen) atoms. The first kappa shape index (κ1) is 18.7. The monoisotopic (exact) mass is 374 g/mol. The molecule has 3 saturated heterocycles. The number of amides is 1. The number of rotatable bonds is 6. The Labute approximate surface area is 161 Å². The molecule has 1 aromatic carbocycles. The van der Waals surface area contributed by atoms with Gasteiger partial charge in [-0.3, -0.25) is 9.69 Å². The van der Waals surface area contributed by atoms with E-state index < -0.39 is 0 Å². The van der Waals surface area contributed by atoms with Crippen LogP contribution >= 0.6 is 0 Å². The minimum Gasteiger partial charge on any atom is -0.497 e. The van der Waals surface area contributed by atoms with Gasteiger partial charge in [0.15, 0.2) is 0 Å². The van der Waals surface area contributed by atoms with Crippen LogP contribution in [0.5, 0.6) is 5.75 Å². The maximum Gasteiger partial charge on any atom is 0.231 e. The smallest absolute Gasteiger partial charge is 0.231 e. The molecule has 0 aromatic heterocycles. The molecule has 4 rings (SSSR count). The van der Waals surface area contributed by atoms with Crippen LogP contribution in [0.1, 0.15) is 24.8 Å². The third-order valence-electron chi connectivity index (χ3n) is 6.32. The van der Waals surface area contributed by atoms with Gasteiger partial charge >= 0.3 is 0 Å². The number of carbonyl (C=O) groups is 1. The predicted octanol–water partition coefficient (Wildman–Crippen LogP) is 1.92. The Morgan fingerprint density at radius 2 is 2.19 bits per heavy atom. The molecule has 1 amide bonds. The molecule has 3 atom stereocenters. The highest BCUT2D eigenvalue weighted by Crippen LogP contribution is 2.48. The topological polar surface area (TPSA) is 51.2 Å². The van der Waals surface area contributed by atoms with Crippen molar-refractivity contribution in [3.05, 3.63) is 29.8 Å². The third kappa shape index (κ3) is 3.58. The van der Waals surface area contributed by atoms with Crippen molar-refractivity contribution in [1.82, 2.24) is 9.80 Å². The molecule has 3 fully saturated rings. The molecular weight excluding hydrogens is 344 g/mol. The average Bonchev–Trinajstić information content (AvgIpc) is 2.93. The van der Waals surface area contributed by atoms with Crippen molar-refractivity contribution < 1.29 is 19.0 Å². The summed E-state index contributed by atoms with van der Waals surface area (Å²) >= 11 is 0. The molecule has 148 valence electrons. The van der Waals surface area contributed by atoms with Crippen molar-refractivity contribution in [3.8, 4) is 5.75 Å². The molecule has 3 heterocycles. The number of likely N-dealkylation sites (tertiary alicyclic amines) is 2. The van der Waals surface area contributed by atoms with Gasteiger partial charge in [-0.2, -0.15) is 0 Å². The molecule has 1 spiro atoms. The van der Waals surface area contributed by atoms with E-state index in [4.69, 9.17) is 14.2 Å². The van der Waals surface area contributed by atoms with Crippen LogP contribution in [0, 0.1) is 5.41 Å². The predicted molar refractivity (Wildman–Crippen MR) is 102 cm³/mol. The molecule has 2 bridgehead atoms. The Morgan fingerprint density at radius 1 is 1.30 bits per heavy atom. The number of carbonyl (C=O) groups excluding carboxylic acids is 1. The minimum atomic E-state index is -0.334. The summed E-state index contributed by atoms with van der Waals surface area (Å²) in [6.45, 7) is 4.69. The van der Waals surface area contributed by atoms with Crippen LogP contribution in [-0.4, -0.2) is 74.9 Å². The van der Waals surface area contributed by atoms with Crippen LogP contribution in [-0.2, 0) is 20.8 Å². The Morgan fingerprint density at radius 3 is 3.00 bits per heavy atom. The summed E-state index contributed by atoms with van der Waals surface area (Å²) in [4.78, 5) is 17.7. The summed E-state index contributed by atoms with van der Waals surface area (Å²) in [5.74, 6) is 1.16. The van der Waals surface area contributed by atoms with Gasteiger partial charge in [-0.1, -0.05) is 12.1 Å². The van der Waals surface area contributed by atoms with Crippen LogP contribution in [0.25, 0.3) is 0 Å². The summed E-state index contributed by atoms with van der Waals surface area (Å²) in [6.07, 6.45) is 3.01. The fraction of sp³-hybridized carbons (Fsp3) is 0.667. The average molecular weight is 374 g/mol. The minimum absolute atomic E-state index is 0.000275. The molecule has 1 aromatic rings. The lowest BCUT2D eigenvalue weighted by molar-refractivity contribution is -0.153. The van der Waals surface area contributed by atoms with Crippen molar-refractivity contribution in [3.63, 3.8) is 0 Å². The van der Waals surface area contributed by atoms with Gasteiger partial charge in [0.25, 0.3) is 0 Å². The number of morpholine rings is 1. The molecule has 0 N–H and O–H groups in total. The van der Waals surface area contributed by atoms with Crippen molar-refractivity contribution in [2.45, 2.75) is 38.0 Å². The Kier molecular flexibility index (Phi) is 5.39. The lowest BCUT2D eigenvalue weighted by Crippen LogP contribution is -2.55. The SMILES string of the molecule is COCCN1CCC[C@@]2(CC3CN(Cc4cccc(OC)c4)CC2O3)C1=O. The van der Waals surface area contributed by atoms with Crippen LogP contribution in [0.2, 0.25) is 0 Å². The van der Waals surface area contributed by atoms with E-state index in [2.05, 4.69) is 17.0 Å². The van der Waals surface area contributed by atoms with Crippen molar-refractivity contribution in [2.75, 3.05) is 47.0 Å². The molecular formula is C21H30N2O4. The van der Waals surface area contributed by atoms with E-state index in [1.165, 1.54) is 5.56 Å². The van der Waals surface area contributed by atoms with Gasteiger partial charge in [-0.15, -0.1) is 0 Å². The van der Waals surface area contributed by atoms with E-state index in [1.807, 2.05) is 17.0 Å². The van der Waals surface area contributed by atoms with Gasteiger partial charge in [0, 0.05) is 39.8 Å². The summed E-state index contributed by atoms with van der Waals surface area (Å²) in [5.41, 5.74) is 0.904. The Bertz CT molecular complexity index is 682. The molecule has 6 nitrogen and oxygen atoms in total. The number of ether oxygens (including phenoxy) is 3. The highest BCUT2D eigenvalue weighted by molar-refractivity contribution is 5.84. The summed E-state index contributed by atoms with van der Waals surface area (Å²) in [6, 6.07) is 8.22. The molecule has 2 unspecified atom stereocenters. The highest BCUT2D eigenvalue weighted by Gasteiger charge is 2.58. The molecule has 0 aliphatic carbocycles. The Hall–Kier alpha value is -1.63. The zero-order valence-corrected chi connectivity index (χ0v) is 16.4. The van der Waals surface area contributed by atoms with Crippen LogP contribution in [0.3, 0.4) is 0 Å². The molecule has 0 radical (unpaired) electrons. The van der Waals surface area contributed by atoms with E-state index in [-0.39, 0.29) is 23.5 Å². The molecule has 3 aliphatic rings. The Balaban J connectivity index is 1.46. The first-order chi connectivity index (χ1) is 13.1. The van der Waals surface area contributed by atoms with Gasteiger partial charge in [-0.25, -0.2) is 0 Å². The van der Waals surface area contributed by atoms with E-state index >= 15 is 0 Å². The lowest BCUT2D eigenvalue weighted by Gasteiger charge is -2.42. The number of methoxy groups -OCH3 is 2. The van der Waals surface area contributed by atoms with Gasteiger partial charge < -0.3 is 19.1 Å². The van der Waals surface area contributed by atoms with Crippen LogP contribution in [0.15, 0.2) is 24.3 Å². The number of hydrogen-bond donors (Lipinski definition) is 0. The van der Waals surface area contributed by atoms with E-state index in [0.29, 0.717) is 13.2 Å². The maximum atomic E-state index is 13.3. The van der Waals surface area contributed by atoms with E-state index in [9.17, 15) is 4.79 Å². The second-order valence-electron chi connectivity index (χ2n) is 8.04. The molecule has 3 aliphatic heterocycles. The maximum absolute atomic E-state index is 13.3. The number of piperidine rings is 1. The summed E-state index contributed by atoms with van der Waals surface area (Å²) in [7, 11) is 3.38. The normalized spacial score (nSPS) is 30.9. The van der Waals surface area contributed by atoms with Crippen LogP contribution in [0.4, 0.5) is 0 Å². The van der Waals surface area contributed by atoms with Crippen molar-refractivity contribution >= 4 is 5.91 Å². The lowest BCUT2D eigenvalue weighted by atomic mass is 9.73. The number of hydrogen-bond acceptors (Lipinski definition) is 5. The number of fused-ring (bicyclic) bond motifs is 3. The first-order valence-electron chi connectivity index (χ1n) is 9.94. The van der Waals surface area contributed by atoms with E-state index in [0.717, 1.165) is 51.2 Å². The van der Waals surface area contributed by atoms with Crippen molar-refractivity contribution in [2.24, 2.45) is 5.41 Å². The van der Waals surface area contributed by atoms with Crippen LogP contribution < -0.4 is 4.74 Å². The number of nitrogens with zero attached hydrogens (tertiary/aromatic N) is 2. The third-order valence-corrected chi connectivity index (χ3v) is 6.32. The summed E-state index contributed by atoms with van der Waals surface area (Å²) < 4.78 is 16.8. The first-order valence-corrected chi connectivity index (χ1v) is 9.94. The molecule has 0 saturated carbocycles. The zero-order valence-electron chi connectivity index (χ0n) is 16.4. The zero-order chi connectivity index (χ0) is 18.9. The fourth-order valence-corrected chi connectivity index (χ4v) is 5.04. The van der Waals surface area contributed by atoms with Gasteiger partial charge in [0.05, 0.1) is 31.3 Å². The molecule has 6 heteroatoms. The van der Waals surface area contributed by atoms with E-state index in [1.54, 1.807) is 14.2 Å². The largest absolute Gasteiger partial charge is 0.497 e. The standard InChI is InChI=1S/C21H30N2O4/c1-25-10-9-23-8-4-7-21(20(23)24)12-18-14-22(15-19(21)27-18)13-16-5-3-6-17(11-16)26-2/h3,5-6,11,18-19H,4,7-10,12-15H2,1-2H3/t18?,19?,21-/m0/s1. The number of benzene rings is 1. The second-order valence-corrected chi connectivity index (χ2v) is 8.04. The van der Waals surface area contributed by atoms with Gasteiger partial charge in [-0.05, 0) is 37.0 Å². The van der Waals surface area contributed by atoms with Crippen molar-refractivity contribution in [1.29, 1.82) is 0 Å². The second kappa shape index (κ2) is 7.78. The van der Waals surface area contributed by atoms with Gasteiger partial charge in [0.2, 0.25) is 5.91 Å². The summed E-state index contributed by atoms with van der Waals surface area (Å²) in [5, 5.41) is 0. The highest BCUT2D eigenvalue weighted by atomic mass is 16.5.